The van der Waals surface area contributed by atoms with E-state index in [0.717, 1.165) is 37.7 Å². The fourth-order valence-corrected chi connectivity index (χ4v) is 3.08. The second-order valence-electron chi connectivity index (χ2n) is 6.20. The topological polar surface area (TPSA) is 58.6 Å². The van der Waals surface area contributed by atoms with Gasteiger partial charge in [0.15, 0.2) is 11.5 Å². The fourth-order valence-electron chi connectivity index (χ4n) is 3.08. The van der Waals surface area contributed by atoms with Crippen LogP contribution in [0, 0.1) is 5.92 Å². The number of phenols is 1. The van der Waals surface area contributed by atoms with Gasteiger partial charge in [-0.05, 0) is 55.7 Å². The van der Waals surface area contributed by atoms with Crippen LogP contribution in [-0.2, 0) is 11.2 Å². The highest BCUT2D eigenvalue weighted by atomic mass is 16.5. The van der Waals surface area contributed by atoms with Crippen molar-refractivity contribution in [2.24, 2.45) is 5.92 Å². The molecule has 0 bridgehead atoms. The standard InChI is InChI=1S/C19H27NO3/c1-3-4-5-14-6-9-16(10-7-14)20-19(22)13-15-8-11-17(21)18(12-15)23-2/h4-5,8,11-12,14,16,21H,3,6-7,9-10,13H2,1-2H3,(H,20,22)/t14-,16+. The molecule has 2 N–H and O–H groups in total. The second kappa shape index (κ2) is 8.61. The van der Waals surface area contributed by atoms with E-state index < -0.39 is 0 Å². The Morgan fingerprint density at radius 3 is 2.74 bits per heavy atom. The molecule has 1 aliphatic carbocycles. The Hall–Kier alpha value is -1.97. The maximum absolute atomic E-state index is 12.2. The molecule has 1 aliphatic rings. The van der Waals surface area contributed by atoms with Crippen LogP contribution in [0.1, 0.15) is 44.6 Å². The fraction of sp³-hybridized carbons (Fsp3) is 0.526. The number of ether oxygens (including phenoxy) is 1. The van der Waals surface area contributed by atoms with Crippen molar-refractivity contribution in [1.82, 2.24) is 5.32 Å². The van der Waals surface area contributed by atoms with Crippen molar-refractivity contribution in [3.63, 3.8) is 0 Å². The molecule has 0 saturated heterocycles. The summed E-state index contributed by atoms with van der Waals surface area (Å²) in [5.74, 6) is 1.20. The number of hydrogen-bond acceptors (Lipinski definition) is 3. The average molecular weight is 317 g/mol. The van der Waals surface area contributed by atoms with Crippen molar-refractivity contribution < 1.29 is 14.6 Å². The number of allylic oxidation sites excluding steroid dienone is 2. The van der Waals surface area contributed by atoms with Crippen molar-refractivity contribution in [2.75, 3.05) is 7.11 Å². The third-order valence-electron chi connectivity index (χ3n) is 4.39. The first-order valence-corrected chi connectivity index (χ1v) is 8.44. The van der Waals surface area contributed by atoms with Gasteiger partial charge in [0.05, 0.1) is 13.5 Å². The van der Waals surface area contributed by atoms with E-state index in [1.165, 1.54) is 7.11 Å². The molecule has 1 aromatic rings. The lowest BCUT2D eigenvalue weighted by Gasteiger charge is -2.27. The number of amides is 1. The molecule has 0 heterocycles. The van der Waals surface area contributed by atoms with Crippen LogP contribution in [0.5, 0.6) is 11.5 Å². The van der Waals surface area contributed by atoms with Gasteiger partial charge < -0.3 is 15.2 Å². The van der Waals surface area contributed by atoms with Crippen LogP contribution in [0.4, 0.5) is 0 Å². The highest BCUT2D eigenvalue weighted by Gasteiger charge is 2.21. The largest absolute Gasteiger partial charge is 0.504 e. The summed E-state index contributed by atoms with van der Waals surface area (Å²) in [7, 11) is 1.50. The second-order valence-corrected chi connectivity index (χ2v) is 6.20. The van der Waals surface area contributed by atoms with Crippen LogP contribution < -0.4 is 10.1 Å². The molecule has 126 valence electrons. The van der Waals surface area contributed by atoms with Crippen LogP contribution in [0.2, 0.25) is 0 Å². The van der Waals surface area contributed by atoms with Gasteiger partial charge in [-0.15, -0.1) is 0 Å². The minimum atomic E-state index is 0.0327. The monoisotopic (exact) mass is 317 g/mol. The summed E-state index contributed by atoms with van der Waals surface area (Å²) in [5.41, 5.74) is 0.844. The predicted octanol–water partition coefficient (Wildman–Crippen LogP) is 3.58. The molecular formula is C19H27NO3. The number of nitrogens with one attached hydrogen (secondary N) is 1. The smallest absolute Gasteiger partial charge is 0.224 e. The molecule has 0 atom stereocenters. The molecule has 1 saturated carbocycles. The molecule has 1 fully saturated rings. The third kappa shape index (κ3) is 5.31. The lowest BCUT2D eigenvalue weighted by atomic mass is 9.85. The number of phenolic OH excluding ortho intramolecular Hbond substituents is 1. The average Bonchev–Trinajstić information content (AvgIpc) is 2.56. The highest BCUT2D eigenvalue weighted by Crippen LogP contribution is 2.27. The Morgan fingerprint density at radius 1 is 1.35 bits per heavy atom. The summed E-state index contributed by atoms with van der Waals surface area (Å²) in [5, 5.41) is 12.7. The first-order chi connectivity index (χ1) is 11.1. The van der Waals surface area contributed by atoms with Crippen LogP contribution in [0.15, 0.2) is 30.4 Å². The van der Waals surface area contributed by atoms with Crippen LogP contribution in [0.25, 0.3) is 0 Å². The zero-order valence-electron chi connectivity index (χ0n) is 14.0. The summed E-state index contributed by atoms with van der Waals surface area (Å²) in [6, 6.07) is 5.31. The Kier molecular flexibility index (Phi) is 6.51. The van der Waals surface area contributed by atoms with Gasteiger partial charge in [-0.25, -0.2) is 0 Å². The molecule has 0 radical (unpaired) electrons. The molecule has 0 aromatic heterocycles. The Morgan fingerprint density at radius 2 is 2.09 bits per heavy atom. The molecule has 4 heteroatoms. The van der Waals surface area contributed by atoms with E-state index in [0.29, 0.717) is 18.1 Å². The first kappa shape index (κ1) is 17.4. The van der Waals surface area contributed by atoms with Crippen LogP contribution >= 0.6 is 0 Å². The number of hydrogen-bond donors (Lipinski definition) is 2. The van der Waals surface area contributed by atoms with Gasteiger partial charge in [-0.1, -0.05) is 25.1 Å². The van der Waals surface area contributed by atoms with Crippen molar-refractivity contribution in [3.05, 3.63) is 35.9 Å². The SMILES string of the molecule is CCC=C[C@H]1CC[C@@H](NC(=O)Cc2ccc(O)c(OC)c2)CC1. The number of rotatable bonds is 6. The van der Waals surface area contributed by atoms with Crippen molar-refractivity contribution >= 4 is 5.91 Å². The molecular weight excluding hydrogens is 290 g/mol. The minimum Gasteiger partial charge on any atom is -0.504 e. The lowest BCUT2D eigenvalue weighted by molar-refractivity contribution is -0.121. The summed E-state index contributed by atoms with van der Waals surface area (Å²) < 4.78 is 5.07. The Bertz CT molecular complexity index is 546. The van der Waals surface area contributed by atoms with Gasteiger partial charge in [-0.2, -0.15) is 0 Å². The number of benzene rings is 1. The van der Waals surface area contributed by atoms with E-state index in [9.17, 15) is 9.90 Å². The van der Waals surface area contributed by atoms with Crippen molar-refractivity contribution in [1.29, 1.82) is 0 Å². The zero-order chi connectivity index (χ0) is 16.7. The van der Waals surface area contributed by atoms with Gasteiger partial charge >= 0.3 is 0 Å². The predicted molar refractivity (Wildman–Crippen MR) is 91.7 cm³/mol. The Labute approximate surface area is 138 Å². The molecule has 2 rings (SSSR count). The number of carbonyl (C=O) groups excluding carboxylic acids is 1. The summed E-state index contributed by atoms with van der Waals surface area (Å²) in [4.78, 5) is 12.2. The normalized spacial score (nSPS) is 21.3. The van der Waals surface area contributed by atoms with Crippen LogP contribution in [-0.4, -0.2) is 24.2 Å². The van der Waals surface area contributed by atoms with E-state index in [1.54, 1.807) is 18.2 Å². The molecule has 0 spiro atoms. The summed E-state index contributed by atoms with van der Waals surface area (Å²) in [6.45, 7) is 2.15. The van der Waals surface area contributed by atoms with Crippen molar-refractivity contribution in [3.8, 4) is 11.5 Å². The number of carbonyl (C=O) groups is 1. The lowest BCUT2D eigenvalue weighted by Crippen LogP contribution is -2.38. The van der Waals surface area contributed by atoms with Gasteiger partial charge in [-0.3, -0.25) is 4.79 Å². The molecule has 1 aromatic carbocycles. The summed E-state index contributed by atoms with van der Waals surface area (Å²) in [6.07, 6.45) is 10.3. The van der Waals surface area contributed by atoms with E-state index in [4.69, 9.17) is 4.74 Å². The number of aromatic hydroxyl groups is 1. The maximum Gasteiger partial charge on any atom is 0.224 e. The number of methoxy groups -OCH3 is 1. The highest BCUT2D eigenvalue weighted by molar-refractivity contribution is 5.79. The molecule has 1 amide bonds. The van der Waals surface area contributed by atoms with Gasteiger partial charge in [0, 0.05) is 6.04 Å². The van der Waals surface area contributed by atoms with Gasteiger partial charge in [0.2, 0.25) is 5.91 Å². The maximum atomic E-state index is 12.2. The molecule has 0 aliphatic heterocycles. The zero-order valence-corrected chi connectivity index (χ0v) is 14.0. The molecule has 4 nitrogen and oxygen atoms in total. The van der Waals surface area contributed by atoms with Gasteiger partial charge in [0.1, 0.15) is 0 Å². The van der Waals surface area contributed by atoms with Crippen molar-refractivity contribution in [2.45, 2.75) is 51.5 Å². The van der Waals surface area contributed by atoms with E-state index in [1.807, 2.05) is 0 Å². The van der Waals surface area contributed by atoms with Crippen LogP contribution in [0.3, 0.4) is 0 Å². The third-order valence-corrected chi connectivity index (χ3v) is 4.39. The Balaban J connectivity index is 1.80. The first-order valence-electron chi connectivity index (χ1n) is 8.44. The molecule has 0 unspecified atom stereocenters. The van der Waals surface area contributed by atoms with E-state index in [-0.39, 0.29) is 17.7 Å². The minimum absolute atomic E-state index is 0.0327. The van der Waals surface area contributed by atoms with E-state index in [2.05, 4.69) is 24.4 Å². The summed E-state index contributed by atoms with van der Waals surface area (Å²) >= 11 is 0. The molecule has 23 heavy (non-hydrogen) atoms. The quantitative estimate of drug-likeness (QED) is 0.788. The van der Waals surface area contributed by atoms with E-state index >= 15 is 0 Å². The van der Waals surface area contributed by atoms with Gasteiger partial charge in [0.25, 0.3) is 0 Å².